The van der Waals surface area contributed by atoms with Crippen molar-refractivity contribution in [3.8, 4) is 5.75 Å². The van der Waals surface area contributed by atoms with Gasteiger partial charge >= 0.3 is 0 Å². The highest BCUT2D eigenvalue weighted by atomic mass is 32.2. The number of carbonyl (C=O) groups excluding carboxylic acids is 1. The highest BCUT2D eigenvalue weighted by Gasteiger charge is 2.19. The van der Waals surface area contributed by atoms with E-state index < -0.39 is 10.0 Å². The molecule has 0 aromatic heterocycles. The zero-order valence-corrected chi connectivity index (χ0v) is 16.5. The second-order valence-electron chi connectivity index (χ2n) is 6.11. The Bertz CT molecular complexity index is 921. The molecule has 2 aromatic rings. The summed E-state index contributed by atoms with van der Waals surface area (Å²) in [7, 11) is -2.33. The van der Waals surface area contributed by atoms with E-state index in [0.717, 1.165) is 5.57 Å². The molecular weight excluding hydrogens is 364 g/mol. The average Bonchev–Trinajstić information content (AvgIpc) is 2.65. The van der Waals surface area contributed by atoms with Crippen LogP contribution in [0.3, 0.4) is 0 Å². The number of likely N-dealkylation sites (N-methyl/N-ethyl adjacent to an activating group) is 1. The van der Waals surface area contributed by atoms with E-state index in [4.69, 9.17) is 4.74 Å². The Morgan fingerprint density at radius 3 is 2.33 bits per heavy atom. The van der Waals surface area contributed by atoms with Gasteiger partial charge in [0, 0.05) is 18.7 Å². The second-order valence-corrected chi connectivity index (χ2v) is 7.79. The number of methoxy groups -OCH3 is 1. The zero-order valence-electron chi connectivity index (χ0n) is 15.7. The number of carbonyl (C=O) groups is 1. The summed E-state index contributed by atoms with van der Waals surface area (Å²) in [5, 5.41) is 0. The number of hydrogen-bond acceptors (Lipinski definition) is 4. The van der Waals surface area contributed by atoms with E-state index in [1.807, 2.05) is 13.8 Å². The molecule has 2 aromatic carbocycles. The number of nitrogens with one attached hydrogen (secondary N) is 1. The van der Waals surface area contributed by atoms with Gasteiger partial charge in [-0.05, 0) is 50.2 Å². The third-order valence-electron chi connectivity index (χ3n) is 3.89. The zero-order chi connectivity index (χ0) is 20.0. The summed E-state index contributed by atoms with van der Waals surface area (Å²) >= 11 is 0. The van der Waals surface area contributed by atoms with Crippen molar-refractivity contribution in [1.29, 1.82) is 0 Å². The SMILES string of the molecule is C=C(C)CN(CC)C(=O)c1ccc(S(=O)(=O)Nc2ccccc2OC)cc1. The van der Waals surface area contributed by atoms with E-state index in [0.29, 0.717) is 30.1 Å². The van der Waals surface area contributed by atoms with E-state index in [1.54, 1.807) is 29.2 Å². The quantitative estimate of drug-likeness (QED) is 0.702. The molecule has 0 aliphatic rings. The van der Waals surface area contributed by atoms with Gasteiger partial charge in [-0.3, -0.25) is 9.52 Å². The third kappa shape index (κ3) is 5.10. The predicted octanol–water partition coefficient (Wildman–Crippen LogP) is 3.53. The number of amides is 1. The van der Waals surface area contributed by atoms with Gasteiger partial charge < -0.3 is 9.64 Å². The van der Waals surface area contributed by atoms with Crippen molar-refractivity contribution < 1.29 is 17.9 Å². The fraction of sp³-hybridized carbons (Fsp3) is 0.250. The van der Waals surface area contributed by atoms with Crippen LogP contribution in [-0.4, -0.2) is 39.4 Å². The molecule has 0 radical (unpaired) electrons. The number of hydrogen-bond donors (Lipinski definition) is 1. The molecule has 0 bridgehead atoms. The minimum Gasteiger partial charge on any atom is -0.495 e. The van der Waals surface area contributed by atoms with Crippen molar-refractivity contribution in [3.63, 3.8) is 0 Å². The van der Waals surface area contributed by atoms with Crippen LogP contribution in [0.5, 0.6) is 5.75 Å². The molecule has 0 heterocycles. The first-order valence-corrected chi connectivity index (χ1v) is 9.96. The number of nitrogens with zero attached hydrogens (tertiary/aromatic N) is 1. The first kappa shape index (κ1) is 20.5. The van der Waals surface area contributed by atoms with Gasteiger partial charge in [0.2, 0.25) is 0 Å². The Balaban J connectivity index is 2.22. The van der Waals surface area contributed by atoms with Crippen LogP contribution in [-0.2, 0) is 10.0 Å². The smallest absolute Gasteiger partial charge is 0.262 e. The lowest BCUT2D eigenvalue weighted by Crippen LogP contribution is -2.32. The molecule has 0 aliphatic carbocycles. The van der Waals surface area contributed by atoms with Gasteiger partial charge in [0.05, 0.1) is 17.7 Å². The lowest BCUT2D eigenvalue weighted by Gasteiger charge is -2.21. The van der Waals surface area contributed by atoms with Crippen LogP contribution in [0.25, 0.3) is 0 Å². The van der Waals surface area contributed by atoms with Gasteiger partial charge in [-0.2, -0.15) is 0 Å². The molecule has 0 saturated carbocycles. The number of para-hydroxylation sites is 2. The summed E-state index contributed by atoms with van der Waals surface area (Å²) in [5.74, 6) is 0.258. The highest BCUT2D eigenvalue weighted by Crippen LogP contribution is 2.26. The maximum atomic E-state index is 12.6. The number of sulfonamides is 1. The van der Waals surface area contributed by atoms with Gasteiger partial charge in [0.15, 0.2) is 0 Å². The van der Waals surface area contributed by atoms with Gasteiger partial charge in [-0.25, -0.2) is 8.42 Å². The molecule has 0 spiro atoms. The Hall–Kier alpha value is -2.80. The van der Waals surface area contributed by atoms with E-state index in [9.17, 15) is 13.2 Å². The maximum absolute atomic E-state index is 12.6. The fourth-order valence-electron chi connectivity index (χ4n) is 2.54. The average molecular weight is 388 g/mol. The van der Waals surface area contributed by atoms with Crippen LogP contribution in [0.1, 0.15) is 24.2 Å². The van der Waals surface area contributed by atoms with Crippen molar-refractivity contribution in [2.24, 2.45) is 0 Å². The van der Waals surface area contributed by atoms with E-state index in [-0.39, 0.29) is 10.8 Å². The molecule has 2 rings (SSSR count). The van der Waals surface area contributed by atoms with Crippen LogP contribution < -0.4 is 9.46 Å². The van der Waals surface area contributed by atoms with Crippen molar-refractivity contribution in [1.82, 2.24) is 4.90 Å². The molecule has 7 heteroatoms. The summed E-state index contributed by atoms with van der Waals surface area (Å²) in [4.78, 5) is 14.3. The summed E-state index contributed by atoms with van der Waals surface area (Å²) in [6, 6.07) is 12.6. The van der Waals surface area contributed by atoms with E-state index in [2.05, 4.69) is 11.3 Å². The molecule has 6 nitrogen and oxygen atoms in total. The minimum atomic E-state index is -3.80. The monoisotopic (exact) mass is 388 g/mol. The topological polar surface area (TPSA) is 75.7 Å². The molecule has 27 heavy (non-hydrogen) atoms. The summed E-state index contributed by atoms with van der Waals surface area (Å²) in [5.41, 5.74) is 1.65. The Morgan fingerprint density at radius 1 is 1.15 bits per heavy atom. The molecule has 0 atom stereocenters. The van der Waals surface area contributed by atoms with Crippen LogP contribution >= 0.6 is 0 Å². The first-order valence-electron chi connectivity index (χ1n) is 8.48. The van der Waals surface area contributed by atoms with E-state index >= 15 is 0 Å². The van der Waals surface area contributed by atoms with Crippen LogP contribution in [0.2, 0.25) is 0 Å². The van der Waals surface area contributed by atoms with Gasteiger partial charge in [0.25, 0.3) is 15.9 Å². The standard InChI is InChI=1S/C20H24N2O4S/c1-5-22(14-15(2)3)20(23)16-10-12-17(13-11-16)27(24,25)21-18-8-6-7-9-19(18)26-4/h6-13,21H,2,5,14H2,1,3-4H3. The molecular formula is C20H24N2O4S. The fourth-order valence-corrected chi connectivity index (χ4v) is 3.62. The summed E-state index contributed by atoms with van der Waals surface area (Å²) < 4.78 is 32.9. The van der Waals surface area contributed by atoms with Crippen LogP contribution in [0, 0.1) is 0 Å². The summed E-state index contributed by atoms with van der Waals surface area (Å²) in [6.07, 6.45) is 0. The molecule has 1 N–H and O–H groups in total. The van der Waals surface area contributed by atoms with Crippen molar-refractivity contribution in [2.75, 3.05) is 24.9 Å². The van der Waals surface area contributed by atoms with Crippen molar-refractivity contribution in [3.05, 3.63) is 66.2 Å². The number of ether oxygens (including phenoxy) is 1. The normalized spacial score (nSPS) is 10.9. The Morgan fingerprint density at radius 2 is 1.78 bits per heavy atom. The van der Waals surface area contributed by atoms with Crippen LogP contribution in [0.15, 0.2) is 65.6 Å². The van der Waals surface area contributed by atoms with Crippen molar-refractivity contribution in [2.45, 2.75) is 18.7 Å². The second kappa shape index (κ2) is 8.73. The molecule has 0 fully saturated rings. The number of rotatable bonds is 8. The molecule has 0 saturated heterocycles. The molecule has 0 aliphatic heterocycles. The van der Waals surface area contributed by atoms with Gasteiger partial charge in [0.1, 0.15) is 5.75 Å². The predicted molar refractivity (Wildman–Crippen MR) is 107 cm³/mol. The molecule has 144 valence electrons. The number of benzene rings is 2. The lowest BCUT2D eigenvalue weighted by molar-refractivity contribution is 0.0778. The van der Waals surface area contributed by atoms with Gasteiger partial charge in [-0.15, -0.1) is 0 Å². The molecule has 0 unspecified atom stereocenters. The molecule has 1 amide bonds. The maximum Gasteiger partial charge on any atom is 0.262 e. The van der Waals surface area contributed by atoms with Crippen LogP contribution in [0.4, 0.5) is 5.69 Å². The Kier molecular flexibility index (Phi) is 6.63. The van der Waals surface area contributed by atoms with Crippen molar-refractivity contribution >= 4 is 21.6 Å². The third-order valence-corrected chi connectivity index (χ3v) is 5.27. The minimum absolute atomic E-state index is 0.0629. The first-order chi connectivity index (χ1) is 12.8. The van der Waals surface area contributed by atoms with E-state index in [1.165, 1.54) is 31.4 Å². The Labute approximate surface area is 160 Å². The highest BCUT2D eigenvalue weighted by molar-refractivity contribution is 7.92. The van der Waals surface area contributed by atoms with Gasteiger partial charge in [-0.1, -0.05) is 24.3 Å². The largest absolute Gasteiger partial charge is 0.495 e. The summed E-state index contributed by atoms with van der Waals surface area (Å²) in [6.45, 7) is 8.58. The number of anilines is 1. The lowest BCUT2D eigenvalue weighted by atomic mass is 10.2.